The van der Waals surface area contributed by atoms with E-state index in [9.17, 15) is 0 Å². The second-order valence-corrected chi connectivity index (χ2v) is 1.66. The molecule has 1 heterocycles. The summed E-state index contributed by atoms with van der Waals surface area (Å²) >= 11 is 0. The van der Waals surface area contributed by atoms with Crippen LogP contribution >= 0.6 is 0 Å². The summed E-state index contributed by atoms with van der Waals surface area (Å²) in [6, 6.07) is 3.53. The van der Waals surface area contributed by atoms with Gasteiger partial charge in [-0.25, -0.2) is 0 Å². The second-order valence-electron chi connectivity index (χ2n) is 1.66. The lowest BCUT2D eigenvalue weighted by atomic mass is 10.5. The van der Waals surface area contributed by atoms with Crippen molar-refractivity contribution >= 4 is 6.40 Å². The fraction of sp³-hybridized carbons (Fsp3) is 0.143. The van der Waals surface area contributed by atoms with E-state index in [2.05, 4.69) is 9.98 Å². The van der Waals surface area contributed by atoms with E-state index in [4.69, 9.17) is 4.74 Å². The van der Waals surface area contributed by atoms with Crippen molar-refractivity contribution in [1.82, 2.24) is 4.98 Å². The molecule has 0 aliphatic rings. The summed E-state index contributed by atoms with van der Waals surface area (Å²) in [5, 5.41) is 0. The Bertz CT molecular complexity index is 208. The smallest absolute Gasteiger partial charge is 0.176 e. The summed E-state index contributed by atoms with van der Waals surface area (Å²) in [6.07, 6.45) is 4.72. The highest BCUT2D eigenvalue weighted by Gasteiger charge is 1.84. The van der Waals surface area contributed by atoms with Crippen LogP contribution in [0.2, 0.25) is 0 Å². The van der Waals surface area contributed by atoms with Crippen molar-refractivity contribution in [2.45, 2.75) is 0 Å². The summed E-state index contributed by atoms with van der Waals surface area (Å²) in [5.74, 6) is 0.751. The summed E-state index contributed by atoms with van der Waals surface area (Å²) in [7, 11) is 1.65. The van der Waals surface area contributed by atoms with E-state index in [-0.39, 0.29) is 0 Å². The van der Waals surface area contributed by atoms with Gasteiger partial charge >= 0.3 is 0 Å². The number of nitrogens with zero attached hydrogens (tertiary/aromatic N) is 2. The van der Waals surface area contributed by atoms with Crippen LogP contribution in [0, 0.1) is 0 Å². The molecule has 0 fully saturated rings. The fourth-order valence-electron chi connectivity index (χ4n) is 0.530. The molecule has 1 rings (SSSR count). The predicted molar refractivity (Wildman–Crippen MR) is 39.3 cm³/mol. The predicted octanol–water partition coefficient (Wildman–Crippen LogP) is 1.12. The largest absolute Gasteiger partial charge is 0.446 e. The number of hydrogen-bond acceptors (Lipinski definition) is 3. The third-order valence-electron chi connectivity index (χ3n) is 0.944. The van der Waals surface area contributed by atoms with Crippen molar-refractivity contribution in [2.24, 2.45) is 4.99 Å². The molecule has 3 heteroatoms. The molecule has 0 bridgehead atoms. The van der Waals surface area contributed by atoms with Gasteiger partial charge in [0.1, 0.15) is 5.75 Å². The zero-order valence-electron chi connectivity index (χ0n) is 5.69. The number of ether oxygens (including phenoxy) is 1. The third kappa shape index (κ3) is 1.85. The van der Waals surface area contributed by atoms with Crippen molar-refractivity contribution in [2.75, 3.05) is 7.05 Å². The maximum absolute atomic E-state index is 5.02. The molecule has 52 valence electrons. The first kappa shape index (κ1) is 6.74. The van der Waals surface area contributed by atoms with E-state index in [1.807, 2.05) is 0 Å². The van der Waals surface area contributed by atoms with Gasteiger partial charge in [0, 0.05) is 19.4 Å². The number of rotatable bonds is 2. The Balaban J connectivity index is 2.59. The van der Waals surface area contributed by atoms with Gasteiger partial charge < -0.3 is 4.74 Å². The first-order valence-corrected chi connectivity index (χ1v) is 2.91. The number of hydrogen-bond donors (Lipinski definition) is 0. The average molecular weight is 136 g/mol. The standard InChI is InChI=1S/C7H8N2O/c1-8-6-10-7-2-4-9-5-3-7/h2-6H,1H3. The van der Waals surface area contributed by atoms with Gasteiger partial charge in [0.2, 0.25) is 0 Å². The Labute approximate surface area is 59.4 Å². The molecule has 0 aromatic carbocycles. The van der Waals surface area contributed by atoms with Gasteiger partial charge in [0.05, 0.1) is 0 Å². The van der Waals surface area contributed by atoms with Crippen LogP contribution in [0.4, 0.5) is 0 Å². The molecular weight excluding hydrogens is 128 g/mol. The normalized spacial score (nSPS) is 10.1. The van der Waals surface area contributed by atoms with E-state index >= 15 is 0 Å². The van der Waals surface area contributed by atoms with E-state index in [0.717, 1.165) is 5.75 Å². The molecule has 0 aliphatic carbocycles. The minimum atomic E-state index is 0.751. The molecule has 0 saturated heterocycles. The van der Waals surface area contributed by atoms with Crippen molar-refractivity contribution < 1.29 is 4.74 Å². The highest BCUT2D eigenvalue weighted by atomic mass is 16.5. The summed E-state index contributed by atoms with van der Waals surface area (Å²) in [5.41, 5.74) is 0. The van der Waals surface area contributed by atoms with Crippen molar-refractivity contribution in [3.63, 3.8) is 0 Å². The molecule has 0 amide bonds. The van der Waals surface area contributed by atoms with Gasteiger partial charge in [-0.15, -0.1) is 0 Å². The van der Waals surface area contributed by atoms with Crippen LogP contribution in [-0.2, 0) is 0 Å². The van der Waals surface area contributed by atoms with Crippen LogP contribution in [0.5, 0.6) is 5.75 Å². The average Bonchev–Trinajstić information content (AvgIpc) is 2.03. The lowest BCUT2D eigenvalue weighted by Crippen LogP contribution is -1.88. The Morgan fingerprint density at radius 3 is 2.80 bits per heavy atom. The SMILES string of the molecule is CN=COc1ccncc1. The maximum atomic E-state index is 5.02. The van der Waals surface area contributed by atoms with Crippen LogP contribution < -0.4 is 4.74 Å². The molecule has 1 aromatic rings. The third-order valence-corrected chi connectivity index (χ3v) is 0.944. The van der Waals surface area contributed by atoms with E-state index in [0.29, 0.717) is 0 Å². The van der Waals surface area contributed by atoms with Gasteiger partial charge in [-0.2, -0.15) is 0 Å². The summed E-state index contributed by atoms with van der Waals surface area (Å²) < 4.78 is 5.02. The van der Waals surface area contributed by atoms with Gasteiger partial charge in [0.25, 0.3) is 0 Å². The minimum absolute atomic E-state index is 0.751. The molecule has 0 saturated carbocycles. The van der Waals surface area contributed by atoms with Crippen molar-refractivity contribution in [3.8, 4) is 5.75 Å². The lowest BCUT2D eigenvalue weighted by Gasteiger charge is -1.94. The molecule has 0 aliphatic heterocycles. The lowest BCUT2D eigenvalue weighted by molar-refractivity contribution is 0.572. The molecule has 0 N–H and O–H groups in total. The van der Waals surface area contributed by atoms with E-state index < -0.39 is 0 Å². The minimum Gasteiger partial charge on any atom is -0.446 e. The first-order valence-electron chi connectivity index (χ1n) is 2.91. The van der Waals surface area contributed by atoms with Crippen LogP contribution in [0.1, 0.15) is 0 Å². The van der Waals surface area contributed by atoms with Gasteiger partial charge in [-0.3, -0.25) is 9.98 Å². The number of aromatic nitrogens is 1. The molecule has 10 heavy (non-hydrogen) atoms. The van der Waals surface area contributed by atoms with Crippen LogP contribution in [-0.4, -0.2) is 18.4 Å². The van der Waals surface area contributed by atoms with E-state index in [1.54, 1.807) is 31.6 Å². The first-order chi connectivity index (χ1) is 4.93. The monoisotopic (exact) mass is 136 g/mol. The van der Waals surface area contributed by atoms with E-state index in [1.165, 1.54) is 6.40 Å². The highest BCUT2D eigenvalue weighted by molar-refractivity contribution is 5.51. The fourth-order valence-corrected chi connectivity index (χ4v) is 0.530. The maximum Gasteiger partial charge on any atom is 0.176 e. The molecule has 0 radical (unpaired) electrons. The Morgan fingerprint density at radius 2 is 2.20 bits per heavy atom. The van der Waals surface area contributed by atoms with Gasteiger partial charge in [-0.05, 0) is 12.1 Å². The summed E-state index contributed by atoms with van der Waals surface area (Å²) in [4.78, 5) is 7.49. The van der Waals surface area contributed by atoms with Crippen LogP contribution in [0.25, 0.3) is 0 Å². The number of aliphatic imine (C=N–C) groups is 1. The molecule has 0 atom stereocenters. The quantitative estimate of drug-likeness (QED) is 0.451. The van der Waals surface area contributed by atoms with Crippen LogP contribution in [0.15, 0.2) is 29.5 Å². The number of pyridine rings is 1. The Kier molecular flexibility index (Phi) is 2.43. The molecule has 3 nitrogen and oxygen atoms in total. The molecular formula is C7H8N2O. The topological polar surface area (TPSA) is 34.5 Å². The Hall–Kier alpha value is -1.38. The molecule has 1 aromatic heterocycles. The second kappa shape index (κ2) is 3.61. The molecule has 0 spiro atoms. The van der Waals surface area contributed by atoms with Crippen molar-refractivity contribution in [3.05, 3.63) is 24.5 Å². The Morgan fingerprint density at radius 1 is 1.50 bits per heavy atom. The van der Waals surface area contributed by atoms with Gasteiger partial charge in [0.15, 0.2) is 6.40 Å². The summed E-state index contributed by atoms with van der Waals surface area (Å²) in [6.45, 7) is 0. The molecule has 0 unspecified atom stereocenters. The zero-order valence-corrected chi connectivity index (χ0v) is 5.69. The zero-order chi connectivity index (χ0) is 7.23. The highest BCUT2D eigenvalue weighted by Crippen LogP contribution is 2.04. The van der Waals surface area contributed by atoms with Crippen LogP contribution in [0.3, 0.4) is 0 Å². The van der Waals surface area contributed by atoms with Gasteiger partial charge in [-0.1, -0.05) is 0 Å². The van der Waals surface area contributed by atoms with Crippen molar-refractivity contribution in [1.29, 1.82) is 0 Å².